The monoisotopic (exact) mass is 171 g/mol. The topological polar surface area (TPSA) is 74.2 Å². The first kappa shape index (κ1) is 9.15. The molecule has 0 aliphatic rings. The highest BCUT2D eigenvalue weighted by Crippen LogP contribution is 2.02. The molecule has 0 aromatic carbocycles. The second kappa shape index (κ2) is 4.84. The van der Waals surface area contributed by atoms with E-state index in [1.165, 1.54) is 0 Å². The molecule has 1 rings (SSSR count). The van der Waals surface area contributed by atoms with Gasteiger partial charge >= 0.3 is 0 Å². The third kappa shape index (κ3) is 2.60. The van der Waals surface area contributed by atoms with Crippen LogP contribution in [-0.4, -0.2) is 23.9 Å². The lowest BCUT2D eigenvalue weighted by Gasteiger charge is -1.90. The van der Waals surface area contributed by atoms with Gasteiger partial charge in [0.25, 0.3) is 0 Å². The standard InChI is InChI=1S/C7H13N3O2/c1-11-5-7-10-9-6(12-7)3-2-4-8/h2-5,8H2,1H3. The fourth-order valence-corrected chi connectivity index (χ4v) is 0.824. The van der Waals surface area contributed by atoms with E-state index < -0.39 is 0 Å². The Kier molecular flexibility index (Phi) is 3.69. The quantitative estimate of drug-likeness (QED) is 0.680. The molecule has 0 aliphatic carbocycles. The zero-order valence-corrected chi connectivity index (χ0v) is 7.12. The summed E-state index contributed by atoms with van der Waals surface area (Å²) in [6.07, 6.45) is 1.61. The number of rotatable bonds is 5. The molecular weight excluding hydrogens is 158 g/mol. The largest absolute Gasteiger partial charge is 0.423 e. The summed E-state index contributed by atoms with van der Waals surface area (Å²) in [5.41, 5.74) is 5.33. The SMILES string of the molecule is COCc1nnc(CCCN)o1. The molecule has 5 heteroatoms. The Hall–Kier alpha value is -0.940. The number of hydrogen-bond acceptors (Lipinski definition) is 5. The number of aryl methyl sites for hydroxylation is 1. The van der Waals surface area contributed by atoms with Gasteiger partial charge in [-0.15, -0.1) is 10.2 Å². The van der Waals surface area contributed by atoms with Gasteiger partial charge in [-0.1, -0.05) is 0 Å². The first-order chi connectivity index (χ1) is 5.86. The minimum Gasteiger partial charge on any atom is -0.423 e. The van der Waals surface area contributed by atoms with Gasteiger partial charge < -0.3 is 14.9 Å². The van der Waals surface area contributed by atoms with Crippen molar-refractivity contribution in [2.24, 2.45) is 5.73 Å². The van der Waals surface area contributed by atoms with Gasteiger partial charge in [0, 0.05) is 13.5 Å². The number of methoxy groups -OCH3 is 1. The molecule has 2 N–H and O–H groups in total. The van der Waals surface area contributed by atoms with Gasteiger partial charge in [-0.05, 0) is 13.0 Å². The van der Waals surface area contributed by atoms with Gasteiger partial charge in [-0.25, -0.2) is 0 Å². The molecule has 0 amide bonds. The lowest BCUT2D eigenvalue weighted by molar-refractivity contribution is 0.158. The van der Waals surface area contributed by atoms with Crippen LogP contribution in [0.4, 0.5) is 0 Å². The van der Waals surface area contributed by atoms with Crippen molar-refractivity contribution < 1.29 is 9.15 Å². The second-order valence-electron chi connectivity index (χ2n) is 2.41. The Balaban J connectivity index is 2.41. The summed E-state index contributed by atoms with van der Waals surface area (Å²) in [5.74, 6) is 1.15. The molecular formula is C7H13N3O2. The van der Waals surface area contributed by atoms with Crippen LogP contribution in [0.25, 0.3) is 0 Å². The molecule has 0 bridgehead atoms. The highest BCUT2D eigenvalue weighted by Gasteiger charge is 2.03. The molecule has 1 aromatic rings. The molecule has 5 nitrogen and oxygen atoms in total. The van der Waals surface area contributed by atoms with E-state index in [0.717, 1.165) is 12.8 Å². The van der Waals surface area contributed by atoms with E-state index >= 15 is 0 Å². The summed E-state index contributed by atoms with van der Waals surface area (Å²) in [4.78, 5) is 0. The maximum absolute atomic E-state index is 5.33. The van der Waals surface area contributed by atoms with E-state index in [4.69, 9.17) is 14.9 Å². The van der Waals surface area contributed by atoms with Crippen LogP contribution in [0.1, 0.15) is 18.2 Å². The first-order valence-corrected chi connectivity index (χ1v) is 3.87. The smallest absolute Gasteiger partial charge is 0.242 e. The lowest BCUT2D eigenvalue weighted by Crippen LogP contribution is -2.00. The van der Waals surface area contributed by atoms with Crippen LogP contribution >= 0.6 is 0 Å². The Morgan fingerprint density at radius 3 is 2.83 bits per heavy atom. The van der Waals surface area contributed by atoms with Crippen LogP contribution in [0, 0.1) is 0 Å². The van der Waals surface area contributed by atoms with Crippen LogP contribution < -0.4 is 5.73 Å². The molecule has 12 heavy (non-hydrogen) atoms. The Bertz CT molecular complexity index is 224. The predicted molar refractivity (Wildman–Crippen MR) is 42.4 cm³/mol. The van der Waals surface area contributed by atoms with E-state index in [2.05, 4.69) is 10.2 Å². The van der Waals surface area contributed by atoms with Gasteiger partial charge in [0.05, 0.1) is 0 Å². The first-order valence-electron chi connectivity index (χ1n) is 3.87. The molecule has 0 saturated carbocycles. The van der Waals surface area contributed by atoms with E-state index in [1.54, 1.807) is 7.11 Å². The van der Waals surface area contributed by atoms with Crippen LogP contribution in [0.15, 0.2) is 4.42 Å². The molecule has 0 aliphatic heterocycles. The van der Waals surface area contributed by atoms with Crippen LogP contribution in [0.2, 0.25) is 0 Å². The zero-order valence-electron chi connectivity index (χ0n) is 7.12. The van der Waals surface area contributed by atoms with Gasteiger partial charge in [-0.3, -0.25) is 0 Å². The van der Waals surface area contributed by atoms with Crippen molar-refractivity contribution in [2.75, 3.05) is 13.7 Å². The molecule has 68 valence electrons. The van der Waals surface area contributed by atoms with Crippen molar-refractivity contribution >= 4 is 0 Å². The Labute approximate surface area is 70.9 Å². The van der Waals surface area contributed by atoms with Crippen molar-refractivity contribution in [3.05, 3.63) is 11.8 Å². The van der Waals surface area contributed by atoms with Gasteiger partial charge in [0.15, 0.2) is 0 Å². The Morgan fingerprint density at radius 1 is 1.42 bits per heavy atom. The number of aromatic nitrogens is 2. The highest BCUT2D eigenvalue weighted by atomic mass is 16.5. The maximum atomic E-state index is 5.33. The number of hydrogen-bond donors (Lipinski definition) is 1. The summed E-state index contributed by atoms with van der Waals surface area (Å²) >= 11 is 0. The van der Waals surface area contributed by atoms with E-state index in [9.17, 15) is 0 Å². The zero-order chi connectivity index (χ0) is 8.81. The van der Waals surface area contributed by atoms with Crippen molar-refractivity contribution in [1.29, 1.82) is 0 Å². The summed E-state index contributed by atoms with van der Waals surface area (Å²) in [7, 11) is 1.59. The predicted octanol–water partition coefficient (Wildman–Crippen LogP) is 0.107. The number of ether oxygens (including phenoxy) is 1. The summed E-state index contributed by atoms with van der Waals surface area (Å²) in [6.45, 7) is 1.01. The fourth-order valence-electron chi connectivity index (χ4n) is 0.824. The molecule has 0 radical (unpaired) electrons. The van der Waals surface area contributed by atoms with Crippen molar-refractivity contribution in [1.82, 2.24) is 10.2 Å². The van der Waals surface area contributed by atoms with E-state index in [0.29, 0.717) is 24.9 Å². The van der Waals surface area contributed by atoms with Gasteiger partial charge in [-0.2, -0.15) is 0 Å². The average molecular weight is 171 g/mol. The van der Waals surface area contributed by atoms with Crippen LogP contribution in [-0.2, 0) is 17.8 Å². The summed E-state index contributed by atoms with van der Waals surface area (Å²) in [6, 6.07) is 0. The fraction of sp³-hybridized carbons (Fsp3) is 0.714. The molecule has 0 spiro atoms. The second-order valence-corrected chi connectivity index (χ2v) is 2.41. The average Bonchev–Trinajstić information content (AvgIpc) is 2.50. The maximum Gasteiger partial charge on any atom is 0.242 e. The number of nitrogens with zero attached hydrogens (tertiary/aromatic N) is 2. The minimum atomic E-state index is 0.371. The van der Waals surface area contributed by atoms with E-state index in [-0.39, 0.29) is 0 Å². The van der Waals surface area contributed by atoms with Gasteiger partial charge in [0.1, 0.15) is 6.61 Å². The molecule has 0 fully saturated rings. The van der Waals surface area contributed by atoms with Crippen molar-refractivity contribution in [2.45, 2.75) is 19.4 Å². The van der Waals surface area contributed by atoms with Crippen LogP contribution in [0.5, 0.6) is 0 Å². The lowest BCUT2D eigenvalue weighted by atomic mass is 10.3. The summed E-state index contributed by atoms with van der Waals surface area (Å²) in [5, 5.41) is 7.60. The number of nitrogens with two attached hydrogens (primary N) is 1. The third-order valence-electron chi connectivity index (χ3n) is 1.37. The normalized spacial score (nSPS) is 10.5. The van der Waals surface area contributed by atoms with E-state index in [1.807, 2.05) is 0 Å². The molecule has 1 heterocycles. The highest BCUT2D eigenvalue weighted by molar-refractivity contribution is 4.80. The molecule has 1 aromatic heterocycles. The van der Waals surface area contributed by atoms with Crippen LogP contribution in [0.3, 0.4) is 0 Å². The minimum absolute atomic E-state index is 0.371. The Morgan fingerprint density at radius 2 is 2.17 bits per heavy atom. The van der Waals surface area contributed by atoms with Gasteiger partial charge in [0.2, 0.25) is 11.8 Å². The third-order valence-corrected chi connectivity index (χ3v) is 1.37. The molecule has 0 saturated heterocycles. The van der Waals surface area contributed by atoms with Crippen molar-refractivity contribution in [3.63, 3.8) is 0 Å². The summed E-state index contributed by atoms with van der Waals surface area (Å²) < 4.78 is 10.0. The molecule has 0 atom stereocenters. The van der Waals surface area contributed by atoms with Crippen molar-refractivity contribution in [3.8, 4) is 0 Å². The molecule has 0 unspecified atom stereocenters.